The maximum atomic E-state index is 11.4. The van der Waals surface area contributed by atoms with Gasteiger partial charge in [0.2, 0.25) is 11.6 Å². The highest BCUT2D eigenvalue weighted by Crippen LogP contribution is 2.28. The van der Waals surface area contributed by atoms with Gasteiger partial charge < -0.3 is 5.32 Å². The summed E-state index contributed by atoms with van der Waals surface area (Å²) in [6, 6.07) is 4.01. The maximum Gasteiger partial charge on any atom is 0.354 e. The van der Waals surface area contributed by atoms with Gasteiger partial charge in [-0.3, -0.25) is 15.5 Å². The first-order chi connectivity index (χ1) is 10.9. The van der Waals surface area contributed by atoms with Gasteiger partial charge >= 0.3 is 5.69 Å². The first kappa shape index (κ1) is 17.1. The Bertz CT molecular complexity index is 654. The van der Waals surface area contributed by atoms with E-state index in [0.29, 0.717) is 6.54 Å². The molecule has 8 nitrogen and oxygen atoms in total. The maximum absolute atomic E-state index is 11.4. The van der Waals surface area contributed by atoms with Crippen molar-refractivity contribution in [1.82, 2.24) is 15.4 Å². The Balaban J connectivity index is 2.10. The Morgan fingerprint density at radius 3 is 2.65 bits per heavy atom. The van der Waals surface area contributed by atoms with Crippen LogP contribution in [0.15, 0.2) is 23.8 Å². The van der Waals surface area contributed by atoms with Gasteiger partial charge in [-0.15, -0.1) is 11.3 Å². The average molecular weight is 336 g/mol. The minimum Gasteiger partial charge on any atom is -0.364 e. The molecule has 9 heteroatoms. The molecule has 0 aliphatic rings. The summed E-state index contributed by atoms with van der Waals surface area (Å²) in [6.07, 6.45) is 2.08. The largest absolute Gasteiger partial charge is 0.364 e. The third kappa shape index (κ3) is 5.15. The monoisotopic (exact) mass is 336 g/mol. The molecule has 0 unspecified atom stereocenters. The van der Waals surface area contributed by atoms with Crippen LogP contribution >= 0.6 is 11.3 Å². The molecule has 2 aromatic heterocycles. The lowest BCUT2D eigenvalue weighted by molar-refractivity contribution is -0.383. The van der Waals surface area contributed by atoms with Crippen molar-refractivity contribution in [2.45, 2.75) is 32.7 Å². The van der Waals surface area contributed by atoms with E-state index >= 15 is 0 Å². The van der Waals surface area contributed by atoms with E-state index in [2.05, 4.69) is 26.1 Å². The highest BCUT2D eigenvalue weighted by atomic mass is 32.1. The van der Waals surface area contributed by atoms with Gasteiger partial charge in [-0.05, 0) is 38.6 Å². The second-order valence-electron chi connectivity index (χ2n) is 5.93. The smallest absolute Gasteiger partial charge is 0.354 e. The summed E-state index contributed by atoms with van der Waals surface area (Å²) in [5.41, 5.74) is 5.34. The van der Waals surface area contributed by atoms with Crippen LogP contribution in [0.4, 0.5) is 17.3 Å². The number of nitro groups is 1. The summed E-state index contributed by atoms with van der Waals surface area (Å²) in [6.45, 7) is 6.37. The number of rotatable bonds is 7. The Morgan fingerprint density at radius 2 is 2.04 bits per heavy atom. The van der Waals surface area contributed by atoms with Crippen molar-refractivity contribution in [2.24, 2.45) is 0 Å². The summed E-state index contributed by atoms with van der Waals surface area (Å²) in [5, 5.41) is 16.4. The fourth-order valence-electron chi connectivity index (χ4n) is 1.78. The van der Waals surface area contributed by atoms with E-state index in [1.165, 1.54) is 11.2 Å². The molecule has 0 fully saturated rings. The van der Waals surface area contributed by atoms with Crippen LogP contribution in [0.1, 0.15) is 25.6 Å². The van der Waals surface area contributed by atoms with Crippen LogP contribution in [-0.4, -0.2) is 27.0 Å². The van der Waals surface area contributed by atoms with Crippen molar-refractivity contribution < 1.29 is 4.92 Å². The quantitative estimate of drug-likeness (QED) is 0.527. The molecule has 3 N–H and O–H groups in total. The highest BCUT2D eigenvalue weighted by Gasteiger charge is 2.23. The average Bonchev–Trinajstić information content (AvgIpc) is 2.97. The van der Waals surface area contributed by atoms with Crippen LogP contribution in [0.5, 0.6) is 0 Å². The normalized spacial score (nSPS) is 11.3. The summed E-state index contributed by atoms with van der Waals surface area (Å²) < 4.78 is 0. The number of nitrogens with zero attached hydrogens (tertiary/aromatic N) is 3. The predicted octanol–water partition coefficient (Wildman–Crippen LogP) is 2.82. The summed E-state index contributed by atoms with van der Waals surface area (Å²) >= 11 is 1.65. The summed E-state index contributed by atoms with van der Waals surface area (Å²) in [5.74, 6) is 0.346. The van der Waals surface area contributed by atoms with Crippen LogP contribution in [0.3, 0.4) is 0 Å². The zero-order valence-electron chi connectivity index (χ0n) is 13.3. The van der Waals surface area contributed by atoms with Crippen LogP contribution in [0.25, 0.3) is 0 Å². The number of thiophene rings is 1. The van der Waals surface area contributed by atoms with Gasteiger partial charge in [-0.1, -0.05) is 6.07 Å². The predicted molar refractivity (Wildman–Crippen MR) is 91.7 cm³/mol. The van der Waals surface area contributed by atoms with Gasteiger partial charge in [-0.2, -0.15) is 0 Å². The lowest BCUT2D eigenvalue weighted by Crippen LogP contribution is -2.40. The van der Waals surface area contributed by atoms with E-state index in [9.17, 15) is 10.1 Å². The van der Waals surface area contributed by atoms with E-state index in [1.807, 2.05) is 38.3 Å². The molecular weight excluding hydrogens is 316 g/mol. The van der Waals surface area contributed by atoms with Crippen LogP contribution in [0.2, 0.25) is 0 Å². The Morgan fingerprint density at radius 1 is 1.30 bits per heavy atom. The van der Waals surface area contributed by atoms with Crippen molar-refractivity contribution in [3.8, 4) is 0 Å². The number of hydrogen-bond acceptors (Lipinski definition) is 8. The first-order valence-corrected chi connectivity index (χ1v) is 8.03. The van der Waals surface area contributed by atoms with Crippen molar-refractivity contribution in [1.29, 1.82) is 0 Å². The molecule has 0 saturated carbocycles. The second kappa shape index (κ2) is 7.34. The number of nitrogens with one attached hydrogen (secondary N) is 3. The lowest BCUT2D eigenvalue weighted by atomic mass is 10.1. The SMILES string of the molecule is CC(C)(C)NNc1ncnc(NCCc2cccs2)c1[N+](=O)[O-]. The molecule has 0 spiro atoms. The van der Waals surface area contributed by atoms with Crippen LogP contribution < -0.4 is 16.2 Å². The fourth-order valence-corrected chi connectivity index (χ4v) is 2.49. The van der Waals surface area contributed by atoms with E-state index < -0.39 is 4.92 Å². The van der Waals surface area contributed by atoms with Crippen molar-refractivity contribution >= 4 is 28.7 Å². The molecule has 0 atom stereocenters. The molecule has 0 saturated heterocycles. The molecule has 0 bridgehead atoms. The van der Waals surface area contributed by atoms with Gasteiger partial charge in [0.1, 0.15) is 6.33 Å². The summed E-state index contributed by atoms with van der Waals surface area (Å²) in [4.78, 5) is 20.1. The van der Waals surface area contributed by atoms with E-state index in [-0.39, 0.29) is 22.9 Å². The van der Waals surface area contributed by atoms with Crippen LogP contribution in [0, 0.1) is 10.1 Å². The third-order valence-corrected chi connectivity index (χ3v) is 3.74. The highest BCUT2D eigenvalue weighted by molar-refractivity contribution is 7.09. The molecule has 2 aromatic rings. The molecule has 23 heavy (non-hydrogen) atoms. The lowest BCUT2D eigenvalue weighted by Gasteiger charge is -2.21. The number of hydrazine groups is 1. The zero-order valence-corrected chi connectivity index (χ0v) is 14.1. The number of aromatic nitrogens is 2. The van der Waals surface area contributed by atoms with Crippen molar-refractivity contribution in [3.63, 3.8) is 0 Å². The number of hydrogen-bond donors (Lipinski definition) is 3. The Hall–Kier alpha value is -2.26. The fraction of sp³-hybridized carbons (Fsp3) is 0.429. The molecule has 0 aliphatic heterocycles. The molecule has 2 rings (SSSR count). The topological polar surface area (TPSA) is 105 Å². The van der Waals surface area contributed by atoms with E-state index in [4.69, 9.17) is 0 Å². The van der Waals surface area contributed by atoms with Crippen molar-refractivity contribution in [2.75, 3.05) is 17.3 Å². The van der Waals surface area contributed by atoms with Gasteiger partial charge in [0.25, 0.3) is 0 Å². The molecule has 0 radical (unpaired) electrons. The Kier molecular flexibility index (Phi) is 5.45. The summed E-state index contributed by atoms with van der Waals surface area (Å²) in [7, 11) is 0. The third-order valence-electron chi connectivity index (χ3n) is 2.80. The van der Waals surface area contributed by atoms with Gasteiger partial charge in [-0.25, -0.2) is 15.4 Å². The molecular formula is C14H20N6O2S. The van der Waals surface area contributed by atoms with Gasteiger partial charge in [0.05, 0.1) is 4.92 Å². The number of anilines is 2. The second-order valence-corrected chi connectivity index (χ2v) is 6.96. The first-order valence-electron chi connectivity index (χ1n) is 7.15. The minimum absolute atomic E-state index is 0.138. The molecule has 2 heterocycles. The van der Waals surface area contributed by atoms with E-state index in [0.717, 1.165) is 6.42 Å². The molecule has 0 amide bonds. The van der Waals surface area contributed by atoms with Gasteiger partial charge in [0.15, 0.2) is 0 Å². The molecule has 0 aromatic carbocycles. The van der Waals surface area contributed by atoms with E-state index in [1.54, 1.807) is 11.3 Å². The van der Waals surface area contributed by atoms with Gasteiger partial charge in [0, 0.05) is 17.0 Å². The van der Waals surface area contributed by atoms with Crippen molar-refractivity contribution in [3.05, 3.63) is 38.8 Å². The molecule has 0 aliphatic carbocycles. The molecule has 124 valence electrons. The van der Waals surface area contributed by atoms with Crippen LogP contribution in [-0.2, 0) is 6.42 Å². The Labute approximate surface area is 138 Å². The zero-order chi connectivity index (χ0) is 16.9. The minimum atomic E-state index is -0.486. The standard InChI is InChI=1S/C14H20N6O2S/c1-14(2,3)19-18-13-11(20(21)22)12(16-9-17-13)15-7-6-10-5-4-8-23-10/h4-5,8-9,19H,6-7H2,1-3H3,(H2,15,16,17,18).